The number of allylic oxidation sites excluding steroid dienone is 3. The molecule has 0 amide bonds. The third-order valence-electron chi connectivity index (χ3n) is 10.7. The van der Waals surface area contributed by atoms with E-state index in [0.29, 0.717) is 18.2 Å². The Balaban J connectivity index is 0.00000625. The van der Waals surface area contributed by atoms with Crippen LogP contribution in [-0.2, 0) is 17.1 Å². The van der Waals surface area contributed by atoms with E-state index in [2.05, 4.69) is 20.3 Å². The summed E-state index contributed by atoms with van der Waals surface area (Å²) in [6, 6.07) is 0.818. The molecule has 68 heavy (non-hydrogen) atoms. The van der Waals surface area contributed by atoms with E-state index in [0.717, 1.165) is 30.4 Å². The van der Waals surface area contributed by atoms with E-state index >= 15 is 30.7 Å². The first-order valence-corrected chi connectivity index (χ1v) is 18.3. The zero-order chi connectivity index (χ0) is 48.4. The van der Waals surface area contributed by atoms with Crippen molar-refractivity contribution in [3.8, 4) is 0 Å². The third kappa shape index (κ3) is 6.89. The molecule has 2 aromatic heterocycles. The summed E-state index contributed by atoms with van der Waals surface area (Å²) in [6.45, 7) is 0. The Labute approximate surface area is 375 Å². The number of halogens is 19. The number of hydrogen-bond donors (Lipinski definition) is 2. The predicted octanol–water partition coefficient (Wildman–Crippen LogP) is 10.9. The molecule has 0 fully saturated rings. The number of aliphatic imine (C=N–C) groups is 1. The second kappa shape index (κ2) is 16.8. The number of aromatic amines is 2. The molecule has 0 radical (unpaired) electrons. The number of rotatable bonds is 4. The van der Waals surface area contributed by atoms with E-state index in [4.69, 9.17) is 0 Å². The normalized spacial score (nSPS) is 19.2. The number of benzene rings is 4. The van der Waals surface area contributed by atoms with Crippen molar-refractivity contribution >= 4 is 28.0 Å². The topological polar surface area (TPSA) is 58.0 Å². The van der Waals surface area contributed by atoms with E-state index in [1.807, 2.05) is 0 Å². The third-order valence-corrected chi connectivity index (χ3v) is 10.7. The van der Waals surface area contributed by atoms with E-state index in [9.17, 15) is 52.7 Å². The minimum absolute atomic E-state index is 0. The average molecular weight is 1010 g/mol. The van der Waals surface area contributed by atoms with Crippen LogP contribution in [0.3, 0.4) is 0 Å². The van der Waals surface area contributed by atoms with Crippen LogP contribution in [0.4, 0.5) is 83.4 Å². The second-order valence-corrected chi connectivity index (χ2v) is 14.3. The fourth-order valence-corrected chi connectivity index (χ4v) is 7.66. The van der Waals surface area contributed by atoms with Gasteiger partial charge in [0.1, 0.15) is 0 Å². The summed E-state index contributed by atoms with van der Waals surface area (Å²) < 4.78 is 287. The first-order valence-electron chi connectivity index (χ1n) is 18.3. The van der Waals surface area contributed by atoms with E-state index in [-0.39, 0.29) is 23.1 Å². The molecule has 1 atom stereocenters. The minimum atomic E-state index is -2.68. The molecular formula is C44H12F19FeN4-. The number of nitrogens with one attached hydrogen (secondary N) is 2. The molecule has 4 aromatic carbocycles. The van der Waals surface area contributed by atoms with Gasteiger partial charge in [0.15, 0.2) is 93.1 Å². The molecule has 6 aromatic rings. The van der Waals surface area contributed by atoms with Gasteiger partial charge in [0.2, 0.25) is 17.5 Å². The molecule has 0 aliphatic carbocycles. The molecule has 3 aliphatic heterocycles. The van der Waals surface area contributed by atoms with Gasteiger partial charge in [-0.2, -0.15) is 0 Å². The van der Waals surface area contributed by atoms with Gasteiger partial charge in [-0.15, -0.1) is 5.70 Å². The average Bonchev–Trinajstić information content (AvgIpc) is 4.17. The van der Waals surface area contributed by atoms with Gasteiger partial charge in [-0.3, -0.25) is 0 Å². The Kier molecular flexibility index (Phi) is 11.7. The summed E-state index contributed by atoms with van der Waals surface area (Å²) in [5.41, 5.74) is -15.1. The van der Waals surface area contributed by atoms with Gasteiger partial charge in [-0.1, -0.05) is 18.2 Å². The summed E-state index contributed by atoms with van der Waals surface area (Å²) in [7, 11) is 0. The van der Waals surface area contributed by atoms with Gasteiger partial charge in [-0.05, 0) is 53.6 Å². The summed E-state index contributed by atoms with van der Waals surface area (Å²) in [4.78, 5) is 8.75. The second-order valence-electron chi connectivity index (χ2n) is 14.3. The quantitative estimate of drug-likeness (QED) is 0.0765. The van der Waals surface area contributed by atoms with Gasteiger partial charge in [-0.25, -0.2) is 88.4 Å². The molecule has 9 rings (SSSR count). The van der Waals surface area contributed by atoms with Crippen LogP contribution in [0.15, 0.2) is 71.0 Å². The predicted molar refractivity (Wildman–Crippen MR) is 196 cm³/mol. The molecule has 5 heterocycles. The molecule has 350 valence electrons. The van der Waals surface area contributed by atoms with Crippen molar-refractivity contribution in [1.29, 1.82) is 0 Å². The number of fused-ring (bicyclic) bond motifs is 7. The molecule has 4 nitrogen and oxygen atoms in total. The Morgan fingerprint density at radius 1 is 0.412 bits per heavy atom. The molecule has 2 N–H and O–H groups in total. The number of nitrogens with zero attached hydrogens (tertiary/aromatic N) is 2. The first-order chi connectivity index (χ1) is 31.7. The molecular weight excluding hydrogens is 1000 g/mol. The van der Waals surface area contributed by atoms with Gasteiger partial charge >= 0.3 is 0 Å². The van der Waals surface area contributed by atoms with Crippen molar-refractivity contribution in [2.45, 2.75) is 6.04 Å². The first kappa shape index (κ1) is 47.3. The standard InChI is InChI=1S/C44H12F19N4.Fe/c45-11-9-10(27(46)35(54)28(11)47)20-12-1-3-14(64-12)21(24-29(48)36(55)42(61)37(56)30(24)49)16-5-7-18(66-16)23(26-33(52)40(59)44(63)41(60)34(26)53)19-8-6-17(67-19)22(15-4-2-13(20)65-15)25-31(50)38(57)43(62)39(58)32(25)51;/h1-9,18,64,67H;/q-1;/b20-13-,21-16+,22-17+,23-19+;. The van der Waals surface area contributed by atoms with Gasteiger partial charge in [0.25, 0.3) is 0 Å². The summed E-state index contributed by atoms with van der Waals surface area (Å²) in [6.07, 6.45) is 2.90. The summed E-state index contributed by atoms with van der Waals surface area (Å²) in [5.74, 6) is -47.7. The smallest absolute Gasteiger partial charge is 0.200 e. The molecule has 8 bridgehead atoms. The van der Waals surface area contributed by atoms with Crippen LogP contribution in [-0.4, -0.2) is 21.7 Å². The Morgan fingerprint density at radius 3 is 1.38 bits per heavy atom. The van der Waals surface area contributed by atoms with Gasteiger partial charge < -0.3 is 15.3 Å². The fourth-order valence-electron chi connectivity index (χ4n) is 7.66. The molecule has 0 spiro atoms. The summed E-state index contributed by atoms with van der Waals surface area (Å²) >= 11 is 0. The van der Waals surface area contributed by atoms with E-state index < -0.39 is 200 Å². The van der Waals surface area contributed by atoms with Crippen LogP contribution in [0, 0.1) is 111 Å². The minimum Gasteiger partial charge on any atom is -0.674 e. The van der Waals surface area contributed by atoms with Crippen LogP contribution in [0.25, 0.3) is 27.6 Å². The maximum Gasteiger partial charge on any atom is 0.200 e. The van der Waals surface area contributed by atoms with E-state index in [1.165, 1.54) is 0 Å². The van der Waals surface area contributed by atoms with Gasteiger partial charge in [0.05, 0.1) is 28.1 Å². The Hall–Kier alpha value is -7.20. The largest absolute Gasteiger partial charge is 0.674 e. The van der Waals surface area contributed by atoms with Crippen LogP contribution < -0.4 is 10.7 Å². The zero-order valence-corrected chi connectivity index (χ0v) is 33.3. The van der Waals surface area contributed by atoms with E-state index in [1.54, 1.807) is 0 Å². The zero-order valence-electron chi connectivity index (χ0n) is 32.2. The SMILES string of the molecule is Fc1cc(/C2=C3\C=CC(=N3)/C(c3c(F)c(F)c(F)c(F)c3F)=c3/cc/c([nH]3)=C(\c3c(F)c(F)c(F)c(F)c3F)C3C=C/C(=C(\c4c(F)c(F)c(F)c(F)c4F)c4ccc2[nH]4)[N-]3)c(F)c(F)c1F.[Fe]. The summed E-state index contributed by atoms with van der Waals surface area (Å²) in [5, 5.41) is 2.35. The molecule has 0 saturated heterocycles. The van der Waals surface area contributed by atoms with Crippen molar-refractivity contribution in [2.75, 3.05) is 0 Å². The van der Waals surface area contributed by atoms with Crippen LogP contribution in [0.5, 0.6) is 0 Å². The van der Waals surface area contributed by atoms with Crippen molar-refractivity contribution in [3.05, 3.63) is 226 Å². The van der Waals surface area contributed by atoms with Crippen LogP contribution in [0.2, 0.25) is 0 Å². The number of H-pyrrole nitrogens is 2. The Morgan fingerprint density at radius 2 is 0.853 bits per heavy atom. The molecule has 3 aliphatic rings. The molecule has 1 unspecified atom stereocenters. The number of aromatic nitrogens is 2. The monoisotopic (exact) mass is 1010 g/mol. The fraction of sp³-hybridized carbons (Fsp3) is 0.0227. The van der Waals surface area contributed by atoms with Crippen molar-refractivity contribution < 1.29 is 100 Å². The van der Waals surface area contributed by atoms with Crippen molar-refractivity contribution in [2.24, 2.45) is 4.99 Å². The van der Waals surface area contributed by atoms with Crippen LogP contribution >= 0.6 is 0 Å². The maximum absolute atomic E-state index is 15.8. The van der Waals surface area contributed by atoms with Crippen LogP contribution in [0.1, 0.15) is 33.6 Å². The molecule has 24 heteroatoms. The van der Waals surface area contributed by atoms with Crippen molar-refractivity contribution in [3.63, 3.8) is 0 Å². The number of hydrogen-bond acceptors (Lipinski definition) is 1. The maximum atomic E-state index is 15.8. The molecule has 0 saturated carbocycles. The van der Waals surface area contributed by atoms with Gasteiger partial charge in [0, 0.05) is 55.9 Å². The Bertz CT molecular complexity index is 3480. The van der Waals surface area contributed by atoms with Crippen molar-refractivity contribution in [1.82, 2.24) is 9.97 Å².